The predicted octanol–water partition coefficient (Wildman–Crippen LogP) is 2.05. The van der Waals surface area contributed by atoms with Gasteiger partial charge in [0, 0.05) is 31.1 Å². The Bertz CT molecular complexity index is 438. The van der Waals surface area contributed by atoms with Crippen molar-refractivity contribution >= 4 is 11.6 Å². The summed E-state index contributed by atoms with van der Waals surface area (Å²) in [6.45, 7) is 0.461. The summed E-state index contributed by atoms with van der Waals surface area (Å²) in [5.74, 6) is 0.559. The first-order valence-electron chi connectivity index (χ1n) is 4.46. The van der Waals surface area contributed by atoms with E-state index in [1.165, 1.54) is 0 Å². The van der Waals surface area contributed by atoms with Crippen molar-refractivity contribution in [3.05, 3.63) is 41.3 Å². The third-order valence-electron chi connectivity index (χ3n) is 1.85. The van der Waals surface area contributed by atoms with Gasteiger partial charge < -0.3 is 4.74 Å². The molecule has 0 aliphatic rings. The van der Waals surface area contributed by atoms with Gasteiger partial charge in [-0.2, -0.15) is 5.10 Å². The number of halogens is 1. The number of hydrogen-bond donors (Lipinski definition) is 0. The van der Waals surface area contributed by atoms with Crippen LogP contribution in [0.5, 0.6) is 5.88 Å². The Morgan fingerprint density at radius 1 is 1.40 bits per heavy atom. The lowest BCUT2D eigenvalue weighted by Crippen LogP contribution is -1.95. The van der Waals surface area contributed by atoms with Gasteiger partial charge in [-0.3, -0.25) is 4.68 Å². The third kappa shape index (κ3) is 2.70. The normalized spacial score (nSPS) is 10.3. The van der Waals surface area contributed by atoms with E-state index in [-0.39, 0.29) is 0 Å². The minimum atomic E-state index is 0.461. The predicted molar refractivity (Wildman–Crippen MR) is 56.8 cm³/mol. The maximum Gasteiger partial charge on any atom is 0.213 e. The van der Waals surface area contributed by atoms with Gasteiger partial charge in [-0.1, -0.05) is 11.6 Å². The van der Waals surface area contributed by atoms with Crippen molar-refractivity contribution < 1.29 is 4.74 Å². The second-order valence-corrected chi connectivity index (χ2v) is 3.56. The number of aromatic nitrogens is 3. The van der Waals surface area contributed by atoms with Gasteiger partial charge in [-0.15, -0.1) is 0 Å². The van der Waals surface area contributed by atoms with E-state index in [0.29, 0.717) is 17.5 Å². The fraction of sp³-hybridized carbons (Fsp3) is 0.200. The number of pyridine rings is 1. The molecule has 4 nitrogen and oxygen atoms in total. The van der Waals surface area contributed by atoms with Crippen molar-refractivity contribution in [2.45, 2.75) is 6.61 Å². The SMILES string of the molecule is Cn1cc(COc2ccc(Cl)cn2)cn1. The summed E-state index contributed by atoms with van der Waals surface area (Å²) in [6, 6.07) is 3.48. The average Bonchev–Trinajstić information content (AvgIpc) is 2.64. The summed E-state index contributed by atoms with van der Waals surface area (Å²) in [5.41, 5.74) is 1.01. The second-order valence-electron chi connectivity index (χ2n) is 3.13. The molecule has 0 N–H and O–H groups in total. The van der Waals surface area contributed by atoms with Crippen molar-refractivity contribution in [1.82, 2.24) is 14.8 Å². The van der Waals surface area contributed by atoms with Crippen molar-refractivity contribution in [2.24, 2.45) is 7.05 Å². The fourth-order valence-electron chi connectivity index (χ4n) is 1.15. The molecule has 0 unspecified atom stereocenters. The first-order chi connectivity index (χ1) is 7.24. The van der Waals surface area contributed by atoms with Crippen LogP contribution in [0.1, 0.15) is 5.56 Å². The molecule has 0 bridgehead atoms. The van der Waals surface area contributed by atoms with E-state index in [1.807, 2.05) is 13.2 Å². The van der Waals surface area contributed by atoms with Crippen LogP contribution in [0.2, 0.25) is 5.02 Å². The lowest BCUT2D eigenvalue weighted by atomic mass is 10.4. The number of aryl methyl sites for hydroxylation is 1. The van der Waals surface area contributed by atoms with Crippen molar-refractivity contribution in [1.29, 1.82) is 0 Å². The number of rotatable bonds is 3. The lowest BCUT2D eigenvalue weighted by molar-refractivity contribution is 0.294. The number of ether oxygens (including phenoxy) is 1. The molecule has 0 saturated heterocycles. The molecular weight excluding hydrogens is 214 g/mol. The molecule has 0 fully saturated rings. The van der Waals surface area contributed by atoms with Crippen molar-refractivity contribution in [3.63, 3.8) is 0 Å². The van der Waals surface area contributed by atoms with Gasteiger partial charge in [0.05, 0.1) is 11.2 Å². The standard InChI is InChI=1S/C10H10ClN3O/c1-14-6-8(4-13-14)7-15-10-3-2-9(11)5-12-10/h2-6H,7H2,1H3. The van der Waals surface area contributed by atoms with Crippen molar-refractivity contribution in [3.8, 4) is 5.88 Å². The van der Waals surface area contributed by atoms with Gasteiger partial charge in [0.25, 0.3) is 0 Å². The smallest absolute Gasteiger partial charge is 0.213 e. The van der Waals surface area contributed by atoms with E-state index < -0.39 is 0 Å². The van der Waals surface area contributed by atoms with Crippen LogP contribution in [-0.4, -0.2) is 14.8 Å². The molecule has 0 atom stereocenters. The van der Waals surface area contributed by atoms with Crippen molar-refractivity contribution in [2.75, 3.05) is 0 Å². The highest BCUT2D eigenvalue weighted by Crippen LogP contribution is 2.12. The van der Waals surface area contributed by atoms with E-state index in [0.717, 1.165) is 5.56 Å². The fourth-order valence-corrected chi connectivity index (χ4v) is 1.26. The highest BCUT2D eigenvalue weighted by atomic mass is 35.5. The Morgan fingerprint density at radius 2 is 2.27 bits per heavy atom. The van der Waals surface area contributed by atoms with Crippen LogP contribution < -0.4 is 4.74 Å². The molecule has 2 aromatic rings. The van der Waals surface area contributed by atoms with Crippen LogP contribution >= 0.6 is 11.6 Å². The van der Waals surface area contributed by atoms with E-state index in [4.69, 9.17) is 16.3 Å². The third-order valence-corrected chi connectivity index (χ3v) is 2.07. The molecule has 78 valence electrons. The molecule has 2 rings (SSSR count). The number of hydrogen-bond acceptors (Lipinski definition) is 3. The van der Waals surface area contributed by atoms with Gasteiger partial charge in [0.2, 0.25) is 5.88 Å². The lowest BCUT2D eigenvalue weighted by Gasteiger charge is -2.02. The zero-order chi connectivity index (χ0) is 10.7. The molecule has 0 aromatic carbocycles. The topological polar surface area (TPSA) is 39.9 Å². The van der Waals surface area contributed by atoms with Crippen LogP contribution in [0.3, 0.4) is 0 Å². The molecular formula is C10H10ClN3O. The Kier molecular flexibility index (Phi) is 2.87. The minimum absolute atomic E-state index is 0.461. The first kappa shape index (κ1) is 9.98. The molecule has 0 aliphatic heterocycles. The Balaban J connectivity index is 1.96. The van der Waals surface area contributed by atoms with Crippen LogP contribution in [0.15, 0.2) is 30.7 Å². The van der Waals surface area contributed by atoms with E-state index >= 15 is 0 Å². The van der Waals surface area contributed by atoms with Crippen LogP contribution in [0.25, 0.3) is 0 Å². The largest absolute Gasteiger partial charge is 0.473 e. The van der Waals surface area contributed by atoms with Crippen LogP contribution in [0, 0.1) is 0 Å². The maximum atomic E-state index is 5.70. The highest BCUT2D eigenvalue weighted by molar-refractivity contribution is 6.30. The average molecular weight is 224 g/mol. The molecule has 0 amide bonds. The van der Waals surface area contributed by atoms with Gasteiger partial charge in [0.1, 0.15) is 6.61 Å². The molecule has 15 heavy (non-hydrogen) atoms. The molecule has 0 spiro atoms. The summed E-state index contributed by atoms with van der Waals surface area (Å²) < 4.78 is 7.17. The molecule has 0 aliphatic carbocycles. The molecule has 0 saturated carbocycles. The zero-order valence-electron chi connectivity index (χ0n) is 8.22. The maximum absolute atomic E-state index is 5.70. The summed E-state index contributed by atoms with van der Waals surface area (Å²) in [5, 5.41) is 4.64. The number of nitrogens with zero attached hydrogens (tertiary/aromatic N) is 3. The van der Waals surface area contributed by atoms with Gasteiger partial charge in [0.15, 0.2) is 0 Å². The Labute approximate surface area is 92.5 Å². The van der Waals surface area contributed by atoms with Gasteiger partial charge >= 0.3 is 0 Å². The summed E-state index contributed by atoms with van der Waals surface area (Å²) in [7, 11) is 1.87. The monoisotopic (exact) mass is 223 g/mol. The summed E-state index contributed by atoms with van der Waals surface area (Å²) in [6.07, 6.45) is 5.21. The quantitative estimate of drug-likeness (QED) is 0.800. The zero-order valence-corrected chi connectivity index (χ0v) is 8.98. The molecule has 5 heteroatoms. The summed E-state index contributed by atoms with van der Waals surface area (Å²) >= 11 is 5.70. The summed E-state index contributed by atoms with van der Waals surface area (Å²) in [4.78, 5) is 4.02. The molecule has 2 heterocycles. The Hall–Kier alpha value is -1.55. The van der Waals surface area contributed by atoms with Gasteiger partial charge in [-0.25, -0.2) is 4.98 Å². The first-order valence-corrected chi connectivity index (χ1v) is 4.84. The van der Waals surface area contributed by atoms with E-state index in [2.05, 4.69) is 10.1 Å². The Morgan fingerprint density at radius 3 is 2.87 bits per heavy atom. The molecule has 0 radical (unpaired) electrons. The molecule has 2 aromatic heterocycles. The van der Waals surface area contributed by atoms with Crippen LogP contribution in [0.4, 0.5) is 0 Å². The highest BCUT2D eigenvalue weighted by Gasteiger charge is 1.98. The van der Waals surface area contributed by atoms with Crippen LogP contribution in [-0.2, 0) is 13.7 Å². The second kappa shape index (κ2) is 4.31. The minimum Gasteiger partial charge on any atom is -0.473 e. The van der Waals surface area contributed by atoms with E-state index in [9.17, 15) is 0 Å². The van der Waals surface area contributed by atoms with Gasteiger partial charge in [-0.05, 0) is 6.07 Å². The van der Waals surface area contributed by atoms with E-state index in [1.54, 1.807) is 29.2 Å².